The van der Waals surface area contributed by atoms with Crippen LogP contribution in [-0.2, 0) is 4.79 Å². The predicted molar refractivity (Wildman–Crippen MR) is 109 cm³/mol. The lowest BCUT2D eigenvalue weighted by Crippen LogP contribution is -2.18. The predicted octanol–water partition coefficient (Wildman–Crippen LogP) is 4.81. The second kappa shape index (κ2) is 8.48. The van der Waals surface area contributed by atoms with Crippen molar-refractivity contribution in [2.24, 2.45) is 0 Å². The average Bonchev–Trinajstić information content (AvgIpc) is 3.40. The van der Waals surface area contributed by atoms with Gasteiger partial charge in [0.15, 0.2) is 5.76 Å². The summed E-state index contributed by atoms with van der Waals surface area (Å²) in [7, 11) is 0. The van der Waals surface area contributed by atoms with Gasteiger partial charge in [0, 0.05) is 30.0 Å². The first-order valence-corrected chi connectivity index (χ1v) is 10.2. The van der Waals surface area contributed by atoms with E-state index in [0.29, 0.717) is 11.0 Å². The maximum absolute atomic E-state index is 13.0. The molecule has 0 saturated carbocycles. The first-order chi connectivity index (χ1) is 13.7. The van der Waals surface area contributed by atoms with Gasteiger partial charge in [-0.25, -0.2) is 9.37 Å². The molecule has 28 heavy (non-hydrogen) atoms. The lowest BCUT2D eigenvalue weighted by atomic mass is 10.2. The molecular formula is C21H20FN3O2S. The molecule has 4 rings (SSSR count). The molecule has 1 aliphatic heterocycles. The fourth-order valence-electron chi connectivity index (χ4n) is 3.13. The van der Waals surface area contributed by atoms with E-state index in [1.165, 1.54) is 42.4 Å². The number of benzene rings is 2. The zero-order valence-electron chi connectivity index (χ0n) is 15.2. The Morgan fingerprint density at radius 3 is 2.54 bits per heavy atom. The van der Waals surface area contributed by atoms with Gasteiger partial charge in [0.2, 0.25) is 5.91 Å². The Balaban J connectivity index is 1.29. The molecule has 0 spiro atoms. The molecule has 1 amide bonds. The molecule has 2 heterocycles. The van der Waals surface area contributed by atoms with Crippen LogP contribution in [0.2, 0.25) is 0 Å². The first kappa shape index (κ1) is 18.6. The Hall–Kier alpha value is -2.80. The highest BCUT2D eigenvalue weighted by molar-refractivity contribution is 7.99. The molecular weight excluding hydrogens is 377 g/mol. The molecule has 0 unspecified atom stereocenters. The van der Waals surface area contributed by atoms with Crippen molar-refractivity contribution in [1.29, 1.82) is 0 Å². The Kier molecular flexibility index (Phi) is 5.62. The van der Waals surface area contributed by atoms with E-state index in [9.17, 15) is 9.18 Å². The van der Waals surface area contributed by atoms with Crippen LogP contribution in [0.25, 0.3) is 11.3 Å². The fraction of sp³-hybridized carbons (Fsp3) is 0.238. The average molecular weight is 397 g/mol. The molecule has 0 atom stereocenters. The van der Waals surface area contributed by atoms with Crippen molar-refractivity contribution in [3.63, 3.8) is 0 Å². The molecule has 7 heteroatoms. The van der Waals surface area contributed by atoms with Crippen LogP contribution >= 0.6 is 11.8 Å². The van der Waals surface area contributed by atoms with Crippen LogP contribution in [0.1, 0.15) is 12.8 Å². The SMILES string of the molecule is O=C(CSc1ncc(-c2ccc(F)cc2)o1)Nc1ccc(N2CCCC2)cc1. The summed E-state index contributed by atoms with van der Waals surface area (Å²) in [4.78, 5) is 18.7. The highest BCUT2D eigenvalue weighted by Crippen LogP contribution is 2.26. The van der Waals surface area contributed by atoms with Crippen LogP contribution in [0, 0.1) is 5.82 Å². The Morgan fingerprint density at radius 1 is 1.11 bits per heavy atom. The van der Waals surface area contributed by atoms with Crippen LogP contribution in [0.4, 0.5) is 15.8 Å². The smallest absolute Gasteiger partial charge is 0.256 e. The van der Waals surface area contributed by atoms with Gasteiger partial charge in [-0.1, -0.05) is 11.8 Å². The number of thioether (sulfide) groups is 1. The summed E-state index contributed by atoms with van der Waals surface area (Å²) in [5.41, 5.74) is 2.70. The number of oxazole rings is 1. The van der Waals surface area contributed by atoms with Crippen molar-refractivity contribution in [2.75, 3.05) is 29.1 Å². The summed E-state index contributed by atoms with van der Waals surface area (Å²) in [6, 6.07) is 13.9. The van der Waals surface area contributed by atoms with Gasteiger partial charge in [-0.3, -0.25) is 4.79 Å². The molecule has 1 fully saturated rings. The zero-order valence-corrected chi connectivity index (χ0v) is 16.0. The van der Waals surface area contributed by atoms with E-state index in [1.807, 2.05) is 24.3 Å². The Labute approximate surface area is 167 Å². The third-order valence-corrected chi connectivity index (χ3v) is 5.40. The highest BCUT2D eigenvalue weighted by atomic mass is 32.2. The number of rotatable bonds is 6. The number of nitrogens with zero attached hydrogens (tertiary/aromatic N) is 2. The molecule has 1 N–H and O–H groups in total. The van der Waals surface area contributed by atoms with Crippen molar-refractivity contribution in [1.82, 2.24) is 4.98 Å². The number of aromatic nitrogens is 1. The van der Waals surface area contributed by atoms with E-state index >= 15 is 0 Å². The van der Waals surface area contributed by atoms with Gasteiger partial charge in [-0.15, -0.1) is 0 Å². The van der Waals surface area contributed by atoms with Gasteiger partial charge in [-0.05, 0) is 61.4 Å². The molecule has 2 aromatic carbocycles. The molecule has 1 saturated heterocycles. The van der Waals surface area contributed by atoms with Crippen LogP contribution in [0.5, 0.6) is 0 Å². The zero-order chi connectivity index (χ0) is 19.3. The van der Waals surface area contributed by atoms with Crippen LogP contribution < -0.4 is 10.2 Å². The van der Waals surface area contributed by atoms with E-state index < -0.39 is 0 Å². The second-order valence-electron chi connectivity index (χ2n) is 6.58. The van der Waals surface area contributed by atoms with Crippen molar-refractivity contribution in [3.8, 4) is 11.3 Å². The standard InChI is InChI=1S/C21H20FN3O2S/c22-16-5-3-15(4-6-16)19-13-23-21(27-19)28-14-20(26)24-17-7-9-18(10-8-17)25-11-1-2-12-25/h3-10,13H,1-2,11-12,14H2,(H,24,26). The summed E-state index contributed by atoms with van der Waals surface area (Å²) in [6.07, 6.45) is 4.04. The molecule has 0 bridgehead atoms. The number of nitrogens with one attached hydrogen (secondary N) is 1. The number of anilines is 2. The van der Waals surface area contributed by atoms with E-state index in [0.717, 1.165) is 24.3 Å². The largest absolute Gasteiger partial charge is 0.431 e. The van der Waals surface area contributed by atoms with Crippen molar-refractivity contribution in [3.05, 3.63) is 60.5 Å². The first-order valence-electron chi connectivity index (χ1n) is 9.17. The maximum atomic E-state index is 13.0. The Morgan fingerprint density at radius 2 is 1.82 bits per heavy atom. The number of halogens is 1. The summed E-state index contributed by atoms with van der Waals surface area (Å²) in [5, 5.41) is 3.29. The van der Waals surface area contributed by atoms with Crippen molar-refractivity contribution >= 4 is 29.0 Å². The summed E-state index contributed by atoms with van der Waals surface area (Å²) < 4.78 is 18.6. The number of carbonyl (C=O) groups is 1. The van der Waals surface area contributed by atoms with Gasteiger partial charge in [0.1, 0.15) is 5.82 Å². The van der Waals surface area contributed by atoms with Crippen molar-refractivity contribution in [2.45, 2.75) is 18.1 Å². The second-order valence-corrected chi connectivity index (χ2v) is 7.50. The number of carbonyl (C=O) groups excluding carboxylic acids is 1. The van der Waals surface area contributed by atoms with Gasteiger partial charge in [0.25, 0.3) is 5.22 Å². The van der Waals surface area contributed by atoms with E-state index in [2.05, 4.69) is 15.2 Å². The summed E-state index contributed by atoms with van der Waals surface area (Å²) >= 11 is 1.22. The summed E-state index contributed by atoms with van der Waals surface area (Å²) in [6.45, 7) is 2.19. The minimum absolute atomic E-state index is 0.125. The molecule has 1 aliphatic rings. The van der Waals surface area contributed by atoms with Gasteiger partial charge < -0.3 is 14.6 Å². The summed E-state index contributed by atoms with van der Waals surface area (Å²) in [5.74, 6) is 0.306. The minimum atomic E-state index is -0.303. The number of amides is 1. The van der Waals surface area contributed by atoms with E-state index in [1.54, 1.807) is 18.3 Å². The topological polar surface area (TPSA) is 58.4 Å². The number of hydrogen-bond acceptors (Lipinski definition) is 5. The Bertz CT molecular complexity index is 935. The lowest BCUT2D eigenvalue weighted by molar-refractivity contribution is -0.113. The van der Waals surface area contributed by atoms with E-state index in [-0.39, 0.29) is 17.5 Å². The lowest BCUT2D eigenvalue weighted by Gasteiger charge is -2.17. The molecule has 0 radical (unpaired) electrons. The molecule has 1 aromatic heterocycles. The van der Waals surface area contributed by atoms with Crippen LogP contribution in [0.15, 0.2) is 64.4 Å². The third kappa shape index (κ3) is 4.54. The molecule has 144 valence electrons. The normalized spacial score (nSPS) is 13.7. The monoisotopic (exact) mass is 397 g/mol. The van der Waals surface area contributed by atoms with Crippen molar-refractivity contribution < 1.29 is 13.6 Å². The number of hydrogen-bond donors (Lipinski definition) is 1. The maximum Gasteiger partial charge on any atom is 0.256 e. The molecule has 5 nitrogen and oxygen atoms in total. The van der Waals surface area contributed by atoms with Gasteiger partial charge in [0.05, 0.1) is 11.9 Å². The third-order valence-electron chi connectivity index (χ3n) is 4.56. The highest BCUT2D eigenvalue weighted by Gasteiger charge is 2.13. The minimum Gasteiger partial charge on any atom is -0.431 e. The van der Waals surface area contributed by atoms with Gasteiger partial charge in [-0.2, -0.15) is 0 Å². The van der Waals surface area contributed by atoms with E-state index in [4.69, 9.17) is 4.42 Å². The van der Waals surface area contributed by atoms with Gasteiger partial charge >= 0.3 is 0 Å². The fourth-order valence-corrected chi connectivity index (χ4v) is 3.73. The quantitative estimate of drug-likeness (QED) is 0.605. The van der Waals surface area contributed by atoms with Crippen LogP contribution in [0.3, 0.4) is 0 Å². The van der Waals surface area contributed by atoms with Crippen LogP contribution in [-0.4, -0.2) is 29.7 Å². The molecule has 0 aliphatic carbocycles. The molecule has 3 aromatic rings.